The average Bonchev–Trinajstić information content (AvgIpc) is 3.25. The number of carbonyl (C=O) groups excluding carboxylic acids is 1. The molecule has 2 aromatic carbocycles. The molecule has 198 valence electrons. The number of fused-ring (bicyclic) bond motifs is 1. The summed E-state index contributed by atoms with van der Waals surface area (Å²) in [6.45, 7) is 6.52. The summed E-state index contributed by atoms with van der Waals surface area (Å²) in [5.74, 6) is -1.81. The molecule has 2 N–H and O–H groups in total. The first-order chi connectivity index (χ1) is 17.0. The van der Waals surface area contributed by atoms with Crippen molar-refractivity contribution in [3.63, 3.8) is 0 Å². The van der Waals surface area contributed by atoms with Crippen molar-refractivity contribution in [2.24, 2.45) is 5.73 Å². The van der Waals surface area contributed by atoms with Crippen LogP contribution in [-0.2, 0) is 22.4 Å². The minimum absolute atomic E-state index is 0.0328. The summed E-state index contributed by atoms with van der Waals surface area (Å²) >= 11 is 0. The van der Waals surface area contributed by atoms with Gasteiger partial charge < -0.3 is 19.8 Å². The van der Waals surface area contributed by atoms with Crippen molar-refractivity contribution in [1.82, 2.24) is 10.2 Å². The Morgan fingerprint density at radius 3 is 2.38 bits per heavy atom. The number of aromatic nitrogens is 2. The van der Waals surface area contributed by atoms with Crippen molar-refractivity contribution in [1.29, 1.82) is 0 Å². The number of hydrogen-bond donors (Lipinski definition) is 1. The summed E-state index contributed by atoms with van der Waals surface area (Å²) in [5, 5.41) is 7.88. The monoisotopic (exact) mass is 524 g/mol. The van der Waals surface area contributed by atoms with Crippen LogP contribution in [0.15, 0.2) is 40.8 Å². The molecule has 0 saturated carbocycles. The van der Waals surface area contributed by atoms with E-state index in [9.17, 15) is 18.0 Å². The largest absolute Gasteiger partial charge is 0.573 e. The maximum atomic E-state index is 15.7. The van der Waals surface area contributed by atoms with Gasteiger partial charge in [0.05, 0.1) is 23.8 Å². The Morgan fingerprint density at radius 2 is 1.81 bits per heavy atom. The average molecular weight is 524 g/mol. The van der Waals surface area contributed by atoms with Crippen molar-refractivity contribution < 1.29 is 35.9 Å². The Hall–Kier alpha value is -3.54. The molecule has 37 heavy (non-hydrogen) atoms. The van der Waals surface area contributed by atoms with Crippen LogP contribution < -0.4 is 15.4 Å². The Kier molecular flexibility index (Phi) is 6.51. The maximum Gasteiger partial charge on any atom is 0.573 e. The van der Waals surface area contributed by atoms with Crippen molar-refractivity contribution in [2.45, 2.75) is 64.1 Å². The van der Waals surface area contributed by atoms with Crippen LogP contribution in [0.4, 0.5) is 27.6 Å². The standard InChI is InChI=1S/C25H25F5N4O3/c1-23(2,3)22-33-32-20(36-22)15-9-19-16(10-17(15)26)24(4,27)11-18(31)21(35)34(19)12-13-5-7-14(8-6-13)37-25(28,29)30/h5-10,18H,11-12,31H2,1-4H3/t18?,24-/m1/s1. The van der Waals surface area contributed by atoms with Crippen LogP contribution in [0.25, 0.3) is 11.5 Å². The molecular weight excluding hydrogens is 499 g/mol. The molecule has 2 heterocycles. The van der Waals surface area contributed by atoms with Crippen LogP contribution >= 0.6 is 0 Å². The number of carbonyl (C=O) groups is 1. The van der Waals surface area contributed by atoms with Gasteiger partial charge in [0, 0.05) is 17.4 Å². The molecule has 1 unspecified atom stereocenters. The lowest BCUT2D eigenvalue weighted by Crippen LogP contribution is -2.43. The van der Waals surface area contributed by atoms with Gasteiger partial charge in [0.15, 0.2) is 0 Å². The highest BCUT2D eigenvalue weighted by atomic mass is 19.4. The molecule has 12 heteroatoms. The van der Waals surface area contributed by atoms with Crippen LogP contribution in [0.3, 0.4) is 0 Å². The molecule has 0 saturated heterocycles. The zero-order valence-electron chi connectivity index (χ0n) is 20.5. The highest BCUT2D eigenvalue weighted by Crippen LogP contribution is 2.44. The van der Waals surface area contributed by atoms with E-state index in [1.807, 2.05) is 20.8 Å². The number of amides is 1. The van der Waals surface area contributed by atoms with Gasteiger partial charge >= 0.3 is 6.36 Å². The molecule has 1 aromatic heterocycles. The summed E-state index contributed by atoms with van der Waals surface area (Å²) in [5.41, 5.74) is 3.52. The molecule has 0 radical (unpaired) electrons. The van der Waals surface area contributed by atoms with Crippen LogP contribution in [-0.4, -0.2) is 28.5 Å². The quantitative estimate of drug-likeness (QED) is 0.452. The molecule has 3 aromatic rings. The normalized spacial score (nSPS) is 20.5. The number of halogens is 5. The summed E-state index contributed by atoms with van der Waals surface area (Å²) in [7, 11) is 0. The van der Waals surface area contributed by atoms with E-state index in [1.165, 1.54) is 30.0 Å². The Balaban J connectivity index is 1.79. The van der Waals surface area contributed by atoms with Gasteiger partial charge in [-0.3, -0.25) is 4.79 Å². The molecule has 1 aliphatic heterocycles. The smallest absolute Gasteiger partial charge is 0.420 e. The molecule has 2 atom stereocenters. The minimum atomic E-state index is -4.86. The van der Waals surface area contributed by atoms with E-state index >= 15 is 8.78 Å². The Morgan fingerprint density at radius 1 is 1.16 bits per heavy atom. The number of rotatable bonds is 4. The van der Waals surface area contributed by atoms with Crippen LogP contribution in [0.2, 0.25) is 0 Å². The van der Waals surface area contributed by atoms with E-state index in [1.54, 1.807) is 0 Å². The number of anilines is 1. The third-order valence-corrected chi connectivity index (χ3v) is 5.92. The third-order valence-electron chi connectivity index (χ3n) is 5.92. The van der Waals surface area contributed by atoms with Gasteiger partial charge in [-0.05, 0) is 36.8 Å². The number of benzene rings is 2. The topological polar surface area (TPSA) is 94.5 Å². The molecule has 4 rings (SSSR count). The van der Waals surface area contributed by atoms with E-state index in [0.29, 0.717) is 5.56 Å². The molecule has 0 fully saturated rings. The first-order valence-electron chi connectivity index (χ1n) is 11.3. The fourth-order valence-corrected chi connectivity index (χ4v) is 4.07. The zero-order valence-corrected chi connectivity index (χ0v) is 20.5. The van der Waals surface area contributed by atoms with E-state index in [-0.39, 0.29) is 35.1 Å². The number of hydrogen-bond acceptors (Lipinski definition) is 6. The van der Waals surface area contributed by atoms with Crippen molar-refractivity contribution in [3.05, 3.63) is 59.2 Å². The van der Waals surface area contributed by atoms with Crippen molar-refractivity contribution in [2.75, 3.05) is 4.90 Å². The Bertz CT molecular complexity index is 1310. The second kappa shape index (κ2) is 9.09. The fraction of sp³-hybridized carbons (Fsp3) is 0.400. The van der Waals surface area contributed by atoms with Gasteiger partial charge in [-0.15, -0.1) is 23.4 Å². The maximum absolute atomic E-state index is 15.7. The van der Waals surface area contributed by atoms with Crippen LogP contribution in [0.5, 0.6) is 5.75 Å². The van der Waals surface area contributed by atoms with Gasteiger partial charge in [0.2, 0.25) is 11.8 Å². The molecule has 1 aliphatic rings. The lowest BCUT2D eigenvalue weighted by molar-refractivity contribution is -0.274. The highest BCUT2D eigenvalue weighted by Gasteiger charge is 2.42. The Labute approximate surface area is 209 Å². The SMILES string of the molecule is CC(C)(C)c1nnc(-c2cc3c(cc2F)[C@](C)(F)CC(N)C(=O)N3Cc2ccc(OC(F)(F)F)cc2)o1. The van der Waals surface area contributed by atoms with Crippen LogP contribution in [0.1, 0.15) is 51.1 Å². The van der Waals surface area contributed by atoms with Gasteiger partial charge in [-0.1, -0.05) is 32.9 Å². The zero-order chi connectivity index (χ0) is 27.3. The van der Waals surface area contributed by atoms with Crippen LogP contribution in [0, 0.1) is 5.82 Å². The van der Waals surface area contributed by atoms with E-state index in [2.05, 4.69) is 14.9 Å². The van der Waals surface area contributed by atoms with E-state index < -0.39 is 47.4 Å². The highest BCUT2D eigenvalue weighted by molar-refractivity contribution is 5.99. The first-order valence-corrected chi connectivity index (χ1v) is 11.3. The summed E-state index contributed by atoms with van der Waals surface area (Å²) in [6.07, 6.45) is -5.26. The summed E-state index contributed by atoms with van der Waals surface area (Å²) in [4.78, 5) is 14.4. The second-order valence-corrected chi connectivity index (χ2v) is 10.1. The molecule has 7 nitrogen and oxygen atoms in total. The first kappa shape index (κ1) is 26.5. The third kappa shape index (κ3) is 5.58. The molecule has 0 bridgehead atoms. The fourth-order valence-electron chi connectivity index (χ4n) is 4.07. The molecular formula is C25H25F5N4O3. The number of alkyl halides is 4. The molecule has 0 aliphatic carbocycles. The van der Waals surface area contributed by atoms with Gasteiger partial charge in [-0.2, -0.15) is 0 Å². The van der Waals surface area contributed by atoms with Crippen molar-refractivity contribution in [3.8, 4) is 17.2 Å². The summed E-state index contributed by atoms with van der Waals surface area (Å²) < 4.78 is 78.0. The molecule has 1 amide bonds. The number of nitrogens with zero attached hydrogens (tertiary/aromatic N) is 3. The predicted molar refractivity (Wildman–Crippen MR) is 124 cm³/mol. The molecule has 0 spiro atoms. The number of ether oxygens (including phenoxy) is 1. The summed E-state index contributed by atoms with van der Waals surface area (Å²) in [6, 6.07) is 5.82. The lowest BCUT2D eigenvalue weighted by Gasteiger charge is -2.26. The minimum Gasteiger partial charge on any atom is -0.420 e. The second-order valence-electron chi connectivity index (χ2n) is 10.1. The van der Waals surface area contributed by atoms with Gasteiger partial charge in [0.1, 0.15) is 17.2 Å². The lowest BCUT2D eigenvalue weighted by atomic mass is 9.90. The number of nitrogens with two attached hydrogens (primary N) is 1. The van der Waals surface area contributed by atoms with Gasteiger partial charge in [0.25, 0.3) is 5.89 Å². The van der Waals surface area contributed by atoms with Gasteiger partial charge in [-0.25, -0.2) is 8.78 Å². The van der Waals surface area contributed by atoms with Crippen molar-refractivity contribution >= 4 is 11.6 Å². The van der Waals surface area contributed by atoms with E-state index in [4.69, 9.17) is 10.2 Å². The van der Waals surface area contributed by atoms with E-state index in [0.717, 1.165) is 18.2 Å². The predicted octanol–water partition coefficient (Wildman–Crippen LogP) is 5.52.